The smallest absolute Gasteiger partial charge is 0.253 e. The Morgan fingerprint density at radius 3 is 2.18 bits per heavy atom. The molecule has 0 aliphatic carbocycles. The summed E-state index contributed by atoms with van der Waals surface area (Å²) < 4.78 is 0.983. The van der Waals surface area contributed by atoms with E-state index in [4.69, 9.17) is 5.26 Å². The largest absolute Gasteiger partial charge is 0.274 e. The maximum atomic E-state index is 13.4. The number of imide groups is 1. The summed E-state index contributed by atoms with van der Waals surface area (Å²) in [6.07, 6.45) is 0.981. The molecule has 0 saturated carbocycles. The molecule has 0 aromatic heterocycles. The van der Waals surface area contributed by atoms with Gasteiger partial charge in [-0.15, -0.1) is 0 Å². The number of hydrogen-bond donors (Lipinski definition) is 0. The topological polar surface area (TPSA) is 67.6 Å². The van der Waals surface area contributed by atoms with Crippen molar-refractivity contribution in [1.82, 2.24) is 10.0 Å². The highest BCUT2D eigenvalue weighted by Crippen LogP contribution is 2.48. The van der Waals surface area contributed by atoms with Crippen LogP contribution in [-0.4, -0.2) is 41.0 Å². The van der Waals surface area contributed by atoms with Gasteiger partial charge in [0.15, 0.2) is 0 Å². The van der Waals surface area contributed by atoms with Gasteiger partial charge in [-0.1, -0.05) is 28.1 Å². The molecule has 28 heavy (non-hydrogen) atoms. The van der Waals surface area contributed by atoms with Crippen molar-refractivity contribution in [1.29, 1.82) is 5.26 Å². The molecule has 6 nitrogen and oxygen atoms in total. The van der Waals surface area contributed by atoms with E-state index in [0.717, 1.165) is 29.5 Å². The first kappa shape index (κ1) is 17.6. The number of anilines is 1. The molecule has 5 rings (SSSR count). The van der Waals surface area contributed by atoms with E-state index in [2.05, 4.69) is 32.0 Å². The third kappa shape index (κ3) is 2.46. The van der Waals surface area contributed by atoms with Crippen LogP contribution in [0, 0.1) is 17.2 Å². The Bertz CT molecular complexity index is 999. The molecule has 0 spiro atoms. The lowest BCUT2D eigenvalue weighted by Crippen LogP contribution is -2.44. The normalized spacial score (nSPS) is 27.1. The van der Waals surface area contributed by atoms with Crippen LogP contribution in [-0.2, 0) is 9.59 Å². The highest BCUT2D eigenvalue weighted by Gasteiger charge is 2.62. The van der Waals surface area contributed by atoms with Crippen LogP contribution >= 0.6 is 15.9 Å². The van der Waals surface area contributed by atoms with Crippen LogP contribution in [0.4, 0.5) is 5.69 Å². The van der Waals surface area contributed by atoms with E-state index in [1.165, 1.54) is 4.90 Å². The average molecular weight is 437 g/mol. The van der Waals surface area contributed by atoms with Gasteiger partial charge in [0.25, 0.3) is 5.91 Å². The molecule has 140 valence electrons. The van der Waals surface area contributed by atoms with Gasteiger partial charge >= 0.3 is 0 Å². The number of nitriles is 1. The number of carbonyl (C=O) groups is 2. The van der Waals surface area contributed by atoms with Crippen LogP contribution in [0.1, 0.15) is 23.6 Å². The van der Waals surface area contributed by atoms with E-state index < -0.39 is 12.0 Å². The molecule has 3 heterocycles. The van der Waals surface area contributed by atoms with Crippen LogP contribution in [0.15, 0.2) is 53.0 Å². The zero-order valence-corrected chi connectivity index (χ0v) is 16.5. The minimum atomic E-state index is -0.459. The summed E-state index contributed by atoms with van der Waals surface area (Å²) in [4.78, 5) is 28.0. The molecule has 3 aliphatic heterocycles. The van der Waals surface area contributed by atoms with Gasteiger partial charge < -0.3 is 0 Å². The highest BCUT2D eigenvalue weighted by molar-refractivity contribution is 9.10. The molecule has 0 radical (unpaired) electrons. The number of carbonyl (C=O) groups excluding carboxylic acids is 2. The van der Waals surface area contributed by atoms with Gasteiger partial charge in [-0.05, 0) is 48.4 Å². The highest BCUT2D eigenvalue weighted by atomic mass is 79.9. The Hall–Kier alpha value is -2.53. The van der Waals surface area contributed by atoms with Gasteiger partial charge in [0.2, 0.25) is 5.91 Å². The van der Waals surface area contributed by atoms with Crippen molar-refractivity contribution in [2.24, 2.45) is 5.92 Å². The fourth-order valence-electron chi connectivity index (χ4n) is 4.71. The molecule has 3 aliphatic rings. The van der Waals surface area contributed by atoms with E-state index in [-0.39, 0.29) is 17.9 Å². The Labute approximate surface area is 171 Å². The number of halogens is 1. The van der Waals surface area contributed by atoms with Crippen LogP contribution in [0.2, 0.25) is 0 Å². The summed E-state index contributed by atoms with van der Waals surface area (Å²) in [6.45, 7) is 1.64. The van der Waals surface area contributed by atoms with E-state index in [1.807, 2.05) is 24.3 Å². The monoisotopic (exact) mass is 436 g/mol. The first-order valence-corrected chi connectivity index (χ1v) is 10.1. The minimum absolute atomic E-state index is 0.138. The van der Waals surface area contributed by atoms with Crippen molar-refractivity contribution in [2.45, 2.75) is 18.5 Å². The van der Waals surface area contributed by atoms with Crippen molar-refractivity contribution >= 4 is 33.4 Å². The van der Waals surface area contributed by atoms with Crippen LogP contribution in [0.3, 0.4) is 0 Å². The summed E-state index contributed by atoms with van der Waals surface area (Å²) >= 11 is 3.46. The summed E-state index contributed by atoms with van der Waals surface area (Å²) in [7, 11) is 0. The van der Waals surface area contributed by atoms with Crippen molar-refractivity contribution in [3.05, 3.63) is 64.1 Å². The zero-order chi connectivity index (χ0) is 19.4. The molecule has 3 saturated heterocycles. The summed E-state index contributed by atoms with van der Waals surface area (Å²) in [5.74, 6) is -0.766. The third-order valence-corrected chi connectivity index (χ3v) is 6.40. The first-order valence-electron chi connectivity index (χ1n) is 9.27. The Kier molecular flexibility index (Phi) is 4.09. The van der Waals surface area contributed by atoms with Crippen LogP contribution < -0.4 is 4.90 Å². The molecular weight excluding hydrogens is 420 g/mol. The van der Waals surface area contributed by atoms with Crippen molar-refractivity contribution < 1.29 is 9.59 Å². The van der Waals surface area contributed by atoms with E-state index in [9.17, 15) is 9.59 Å². The molecule has 3 atom stereocenters. The van der Waals surface area contributed by atoms with Crippen molar-refractivity contribution in [3.63, 3.8) is 0 Å². The van der Waals surface area contributed by atoms with E-state index in [1.54, 1.807) is 24.3 Å². The van der Waals surface area contributed by atoms with Gasteiger partial charge in [0, 0.05) is 17.6 Å². The first-order chi connectivity index (χ1) is 13.6. The van der Waals surface area contributed by atoms with Gasteiger partial charge in [-0.2, -0.15) is 5.26 Å². The Balaban J connectivity index is 1.56. The zero-order valence-electron chi connectivity index (χ0n) is 15.0. The van der Waals surface area contributed by atoms with Crippen molar-refractivity contribution in [2.75, 3.05) is 18.0 Å². The molecule has 2 amide bonds. The molecule has 7 heteroatoms. The lowest BCUT2D eigenvalue weighted by atomic mass is 9.90. The quantitative estimate of drug-likeness (QED) is 0.677. The van der Waals surface area contributed by atoms with Gasteiger partial charge in [-0.25, -0.2) is 14.9 Å². The fraction of sp³-hybridized carbons (Fsp3) is 0.286. The fourth-order valence-corrected chi connectivity index (χ4v) is 4.98. The maximum absolute atomic E-state index is 13.4. The third-order valence-electron chi connectivity index (χ3n) is 5.87. The maximum Gasteiger partial charge on any atom is 0.253 e. The second kappa shape index (κ2) is 6.52. The summed E-state index contributed by atoms with van der Waals surface area (Å²) in [6, 6.07) is 16.1. The summed E-state index contributed by atoms with van der Waals surface area (Å²) in [5.41, 5.74) is 2.08. The SMILES string of the molecule is N#Cc1ccc(N2C(=O)[C@H]3[C@@H](C2=O)N2CCCN2[C@H]3c2ccc(Br)cc2)cc1. The predicted octanol–water partition coefficient (Wildman–Crippen LogP) is 2.86. The Morgan fingerprint density at radius 2 is 1.54 bits per heavy atom. The number of hydrogen-bond acceptors (Lipinski definition) is 5. The molecule has 0 bridgehead atoms. The standard InChI is InChI=1S/C21H17BrN4O2/c22-15-6-4-14(5-7-15)18-17-19(25-11-1-10-24(18)25)21(28)26(20(17)27)16-8-2-13(12-23)3-9-16/h2-9,17-19H,1,10-11H2/t17-,18+,19+/m1/s1. The number of hydrazine groups is 1. The molecule has 2 aromatic carbocycles. The molecule has 0 N–H and O–H groups in total. The van der Waals surface area contributed by atoms with Crippen molar-refractivity contribution in [3.8, 4) is 6.07 Å². The van der Waals surface area contributed by atoms with E-state index >= 15 is 0 Å². The molecule has 2 aromatic rings. The summed E-state index contributed by atoms with van der Waals surface area (Å²) in [5, 5.41) is 13.3. The molecule has 0 unspecified atom stereocenters. The molecular formula is C21H17BrN4O2. The number of nitrogens with zero attached hydrogens (tertiary/aromatic N) is 4. The van der Waals surface area contributed by atoms with Gasteiger partial charge in [0.05, 0.1) is 29.3 Å². The number of fused-ring (bicyclic) bond motifs is 3. The minimum Gasteiger partial charge on any atom is -0.274 e. The van der Waals surface area contributed by atoms with Gasteiger partial charge in [0.1, 0.15) is 6.04 Å². The lowest BCUT2D eigenvalue weighted by Gasteiger charge is -2.29. The van der Waals surface area contributed by atoms with E-state index in [0.29, 0.717) is 11.3 Å². The number of rotatable bonds is 2. The Morgan fingerprint density at radius 1 is 0.893 bits per heavy atom. The number of amides is 2. The lowest BCUT2D eigenvalue weighted by molar-refractivity contribution is -0.126. The van der Waals surface area contributed by atoms with Crippen LogP contribution in [0.25, 0.3) is 0 Å². The second-order valence-electron chi connectivity index (χ2n) is 7.32. The van der Waals surface area contributed by atoms with Crippen LogP contribution in [0.5, 0.6) is 0 Å². The number of benzene rings is 2. The second-order valence-corrected chi connectivity index (χ2v) is 8.23. The van der Waals surface area contributed by atoms with Gasteiger partial charge in [-0.3, -0.25) is 9.59 Å². The average Bonchev–Trinajstić information content (AvgIpc) is 3.35. The molecule has 3 fully saturated rings. The predicted molar refractivity (Wildman–Crippen MR) is 106 cm³/mol.